The van der Waals surface area contributed by atoms with Crippen LogP contribution in [0.1, 0.15) is 26.2 Å². The summed E-state index contributed by atoms with van der Waals surface area (Å²) in [5.41, 5.74) is -0.904. The molecule has 0 aliphatic heterocycles. The third-order valence-corrected chi connectivity index (χ3v) is 2.98. The molecule has 0 unspecified atom stereocenters. The van der Waals surface area contributed by atoms with Crippen molar-refractivity contribution in [3.05, 3.63) is 0 Å². The molecule has 0 rings (SSSR count). The third kappa shape index (κ3) is 5.28. The average Bonchev–Trinajstić information content (AvgIpc) is 2.26. The van der Waals surface area contributed by atoms with Gasteiger partial charge in [0.2, 0.25) is 0 Å². The maximum atomic E-state index is 11.0. The number of aliphatic carboxylic acids is 1. The average molecular weight is 265 g/mol. The van der Waals surface area contributed by atoms with E-state index in [9.17, 15) is 9.90 Å². The summed E-state index contributed by atoms with van der Waals surface area (Å²) in [6.45, 7) is 0.713. The lowest BCUT2D eigenvalue weighted by Gasteiger charge is -2.37. The quantitative estimate of drug-likeness (QED) is 0.277. The molecule has 108 valence electrons. The fourth-order valence-electron chi connectivity index (χ4n) is 1.95. The smallest absolute Gasteiger partial charge is 0.323 e. The minimum Gasteiger partial charge on any atom is -0.480 e. The molecule has 2 atom stereocenters. The molecule has 6 N–H and O–H groups in total. The molecule has 0 aromatic rings. The van der Waals surface area contributed by atoms with Crippen molar-refractivity contribution >= 4 is 5.97 Å². The van der Waals surface area contributed by atoms with E-state index < -0.39 is 23.7 Å². The number of carboxylic acid groups (broad SMARTS) is 1. The van der Waals surface area contributed by atoms with Gasteiger partial charge >= 0.3 is 5.97 Å². The maximum absolute atomic E-state index is 11.0. The zero-order valence-corrected chi connectivity index (χ0v) is 10.5. The van der Waals surface area contributed by atoms with Gasteiger partial charge in [0.25, 0.3) is 0 Å². The van der Waals surface area contributed by atoms with Gasteiger partial charge in [0.1, 0.15) is 6.04 Å². The Kier molecular flexibility index (Phi) is 8.05. The Morgan fingerprint density at radius 2 is 1.50 bits per heavy atom. The second kappa shape index (κ2) is 8.39. The molecule has 0 aliphatic rings. The molecule has 0 aromatic carbocycles. The Labute approximate surface area is 106 Å². The van der Waals surface area contributed by atoms with Crippen molar-refractivity contribution in [1.82, 2.24) is 5.32 Å². The molecular weight excluding hydrogens is 242 g/mol. The van der Waals surface area contributed by atoms with Crippen molar-refractivity contribution in [2.45, 2.75) is 43.9 Å². The summed E-state index contributed by atoms with van der Waals surface area (Å²) in [4.78, 5) is 11.0. The second-order valence-electron chi connectivity index (χ2n) is 4.40. The van der Waals surface area contributed by atoms with Crippen LogP contribution in [0.5, 0.6) is 0 Å². The number of carbonyl (C=O) groups is 1. The van der Waals surface area contributed by atoms with Gasteiger partial charge in [-0.1, -0.05) is 0 Å². The molecule has 0 radical (unpaired) electrons. The number of carboxylic acids is 1. The zero-order valence-electron chi connectivity index (χ0n) is 10.5. The van der Waals surface area contributed by atoms with Crippen molar-refractivity contribution < 1.29 is 30.3 Å². The van der Waals surface area contributed by atoms with Crippen LogP contribution in [0.25, 0.3) is 0 Å². The van der Waals surface area contributed by atoms with E-state index in [0.29, 0.717) is 0 Å². The minimum absolute atomic E-state index is 0.185. The van der Waals surface area contributed by atoms with Crippen molar-refractivity contribution in [2.24, 2.45) is 0 Å². The molecule has 0 saturated carbocycles. The zero-order chi connectivity index (χ0) is 14.2. The molecule has 18 heavy (non-hydrogen) atoms. The summed E-state index contributed by atoms with van der Waals surface area (Å²) >= 11 is 0. The van der Waals surface area contributed by atoms with E-state index in [0.717, 1.165) is 0 Å². The molecule has 0 spiro atoms. The summed E-state index contributed by atoms with van der Waals surface area (Å²) in [6, 6.07) is -1.21. The number of hydrogen-bond donors (Lipinski definition) is 6. The fraction of sp³-hybridized carbons (Fsp3) is 0.909. The van der Waals surface area contributed by atoms with E-state index in [4.69, 9.17) is 20.4 Å². The second-order valence-corrected chi connectivity index (χ2v) is 4.40. The molecule has 0 saturated heterocycles. The normalized spacial score (nSPS) is 15.4. The number of aliphatic hydroxyl groups is 4. The lowest BCUT2D eigenvalue weighted by molar-refractivity contribution is -0.143. The molecule has 7 heteroatoms. The van der Waals surface area contributed by atoms with Crippen LogP contribution in [-0.2, 0) is 4.79 Å². The van der Waals surface area contributed by atoms with Crippen LogP contribution in [0.3, 0.4) is 0 Å². The van der Waals surface area contributed by atoms with Gasteiger partial charge in [0.05, 0.1) is 6.10 Å². The molecule has 0 heterocycles. The van der Waals surface area contributed by atoms with Crippen LogP contribution in [0, 0.1) is 0 Å². The van der Waals surface area contributed by atoms with Crippen LogP contribution in [0.15, 0.2) is 0 Å². The molecule has 0 aromatic heterocycles. The van der Waals surface area contributed by atoms with Crippen LogP contribution < -0.4 is 5.32 Å². The minimum atomic E-state index is -1.22. The van der Waals surface area contributed by atoms with Gasteiger partial charge in [-0.3, -0.25) is 10.1 Å². The topological polar surface area (TPSA) is 130 Å². The first-order chi connectivity index (χ1) is 8.42. The van der Waals surface area contributed by atoms with Crippen LogP contribution in [-0.4, -0.2) is 69.0 Å². The highest BCUT2D eigenvalue weighted by Gasteiger charge is 2.35. The lowest BCUT2D eigenvalue weighted by Crippen LogP contribution is -2.58. The number of nitrogens with one attached hydrogen (secondary N) is 1. The summed E-state index contributed by atoms with van der Waals surface area (Å²) in [6.07, 6.45) is -0.571. The van der Waals surface area contributed by atoms with Crippen LogP contribution >= 0.6 is 0 Å². The highest BCUT2D eigenvalue weighted by molar-refractivity contribution is 5.74. The SMILES string of the molecule is C[C@@H](O)[C@H](NC(CCO)(CCO)CCO)C(=O)O. The molecule has 0 amide bonds. The summed E-state index contributed by atoms with van der Waals surface area (Å²) in [5.74, 6) is -1.22. The largest absolute Gasteiger partial charge is 0.480 e. The summed E-state index contributed by atoms with van der Waals surface area (Å²) in [7, 11) is 0. The number of rotatable bonds is 10. The van der Waals surface area contributed by atoms with Crippen molar-refractivity contribution in [3.63, 3.8) is 0 Å². The Morgan fingerprint density at radius 3 is 1.72 bits per heavy atom. The molecular formula is C11H23NO6. The number of aliphatic hydroxyl groups excluding tert-OH is 4. The molecule has 7 nitrogen and oxygen atoms in total. The first-order valence-corrected chi connectivity index (χ1v) is 5.93. The molecule has 0 fully saturated rings. The highest BCUT2D eigenvalue weighted by atomic mass is 16.4. The number of hydrogen-bond acceptors (Lipinski definition) is 6. The van der Waals surface area contributed by atoms with Gasteiger partial charge in [-0.25, -0.2) is 0 Å². The first kappa shape index (κ1) is 17.3. The summed E-state index contributed by atoms with van der Waals surface area (Å²) < 4.78 is 0. The van der Waals surface area contributed by atoms with E-state index >= 15 is 0 Å². The third-order valence-electron chi connectivity index (χ3n) is 2.98. The molecule has 0 bridgehead atoms. The van der Waals surface area contributed by atoms with Gasteiger partial charge in [-0.15, -0.1) is 0 Å². The predicted octanol–water partition coefficient (Wildman–Crippen LogP) is -1.70. The van der Waals surface area contributed by atoms with Gasteiger partial charge in [-0.05, 0) is 26.2 Å². The Bertz CT molecular complexity index is 229. The standard InChI is InChI=1S/C11H23NO6/c1-8(16)9(10(17)18)12-11(2-5-13,3-6-14)4-7-15/h8-9,12-16H,2-7H2,1H3,(H,17,18)/t8-,9+/m1/s1. The van der Waals surface area contributed by atoms with Gasteiger partial charge < -0.3 is 25.5 Å². The van der Waals surface area contributed by atoms with E-state index in [2.05, 4.69) is 5.32 Å². The summed E-state index contributed by atoms with van der Waals surface area (Å²) in [5, 5.41) is 48.3. The molecule has 0 aliphatic carbocycles. The van der Waals surface area contributed by atoms with Crippen molar-refractivity contribution in [3.8, 4) is 0 Å². The Morgan fingerprint density at radius 1 is 1.11 bits per heavy atom. The van der Waals surface area contributed by atoms with Crippen LogP contribution in [0.2, 0.25) is 0 Å². The van der Waals surface area contributed by atoms with E-state index in [1.165, 1.54) is 6.92 Å². The highest BCUT2D eigenvalue weighted by Crippen LogP contribution is 2.21. The van der Waals surface area contributed by atoms with Crippen molar-refractivity contribution in [2.75, 3.05) is 19.8 Å². The van der Waals surface area contributed by atoms with Crippen LogP contribution in [0.4, 0.5) is 0 Å². The van der Waals surface area contributed by atoms with Crippen molar-refractivity contribution in [1.29, 1.82) is 0 Å². The first-order valence-electron chi connectivity index (χ1n) is 5.93. The lowest BCUT2D eigenvalue weighted by atomic mass is 9.86. The van der Waals surface area contributed by atoms with Gasteiger partial charge in [0, 0.05) is 25.4 Å². The maximum Gasteiger partial charge on any atom is 0.323 e. The van der Waals surface area contributed by atoms with Gasteiger partial charge in [0.15, 0.2) is 0 Å². The predicted molar refractivity (Wildman–Crippen MR) is 64.1 cm³/mol. The van der Waals surface area contributed by atoms with Gasteiger partial charge in [-0.2, -0.15) is 0 Å². The fourth-order valence-corrected chi connectivity index (χ4v) is 1.95. The Hall–Kier alpha value is -0.730. The van der Waals surface area contributed by atoms with E-state index in [-0.39, 0.29) is 39.1 Å². The van der Waals surface area contributed by atoms with E-state index in [1.807, 2.05) is 0 Å². The van der Waals surface area contributed by atoms with E-state index in [1.54, 1.807) is 0 Å². The Balaban J connectivity index is 4.96. The monoisotopic (exact) mass is 265 g/mol.